The standard InChI is InChI=1S/C11H11NO8S/c1-20-9(13)5-21(18,19)12-8-3-6(10(14)15)2-7(4-8)11(16)17/h2-4,12H,5H2,1H3,(H,14,15)(H,16,17). The summed E-state index contributed by atoms with van der Waals surface area (Å²) in [4.78, 5) is 32.7. The summed E-state index contributed by atoms with van der Waals surface area (Å²) in [7, 11) is -3.14. The van der Waals surface area contributed by atoms with E-state index in [1.807, 2.05) is 4.72 Å². The van der Waals surface area contributed by atoms with Gasteiger partial charge in [-0.15, -0.1) is 0 Å². The molecule has 10 heteroatoms. The lowest BCUT2D eigenvalue weighted by Crippen LogP contribution is -2.24. The van der Waals surface area contributed by atoms with Crippen LogP contribution >= 0.6 is 0 Å². The molecule has 1 aromatic carbocycles. The van der Waals surface area contributed by atoms with Crippen molar-refractivity contribution in [3.63, 3.8) is 0 Å². The van der Waals surface area contributed by atoms with Gasteiger partial charge in [-0.3, -0.25) is 9.52 Å². The lowest BCUT2D eigenvalue weighted by molar-refractivity contribution is -0.137. The third-order valence-electron chi connectivity index (χ3n) is 2.24. The van der Waals surface area contributed by atoms with Gasteiger partial charge in [0.15, 0.2) is 5.75 Å². The maximum absolute atomic E-state index is 11.6. The van der Waals surface area contributed by atoms with Crippen molar-refractivity contribution in [1.82, 2.24) is 0 Å². The summed E-state index contributed by atoms with van der Waals surface area (Å²) in [5.41, 5.74) is -1.10. The van der Waals surface area contributed by atoms with Crippen LogP contribution in [0.2, 0.25) is 0 Å². The van der Waals surface area contributed by atoms with Crippen LogP contribution in [-0.4, -0.2) is 49.4 Å². The first-order chi connectivity index (χ1) is 9.64. The molecule has 114 valence electrons. The highest BCUT2D eigenvalue weighted by atomic mass is 32.2. The van der Waals surface area contributed by atoms with Crippen LogP contribution in [0.3, 0.4) is 0 Å². The molecule has 0 unspecified atom stereocenters. The number of hydrogen-bond donors (Lipinski definition) is 3. The number of benzene rings is 1. The van der Waals surface area contributed by atoms with Crippen molar-refractivity contribution in [2.24, 2.45) is 0 Å². The Morgan fingerprint density at radius 3 is 1.95 bits per heavy atom. The highest BCUT2D eigenvalue weighted by Crippen LogP contribution is 2.17. The molecule has 0 amide bonds. The van der Waals surface area contributed by atoms with Gasteiger partial charge in [-0.05, 0) is 18.2 Å². The van der Waals surface area contributed by atoms with E-state index in [-0.39, 0.29) is 5.69 Å². The van der Waals surface area contributed by atoms with Crippen LogP contribution in [0.25, 0.3) is 0 Å². The van der Waals surface area contributed by atoms with Crippen molar-refractivity contribution in [3.8, 4) is 0 Å². The molecule has 1 aromatic rings. The van der Waals surface area contributed by atoms with Crippen molar-refractivity contribution in [2.75, 3.05) is 17.6 Å². The van der Waals surface area contributed by atoms with Gasteiger partial charge in [-0.2, -0.15) is 0 Å². The van der Waals surface area contributed by atoms with Gasteiger partial charge in [0.05, 0.1) is 23.9 Å². The second-order valence-corrected chi connectivity index (χ2v) is 5.57. The number of carboxylic acids is 2. The first kappa shape index (κ1) is 16.4. The van der Waals surface area contributed by atoms with Crippen molar-refractivity contribution in [3.05, 3.63) is 29.3 Å². The molecule has 0 saturated carbocycles. The SMILES string of the molecule is COC(=O)CS(=O)(=O)Nc1cc(C(=O)O)cc(C(=O)O)c1. The zero-order valence-electron chi connectivity index (χ0n) is 10.7. The zero-order chi connectivity index (χ0) is 16.2. The number of sulfonamides is 1. The number of aromatic carboxylic acids is 2. The van der Waals surface area contributed by atoms with E-state index in [1.54, 1.807) is 0 Å². The Bertz CT molecular complexity index is 662. The van der Waals surface area contributed by atoms with E-state index in [4.69, 9.17) is 10.2 Å². The number of carbonyl (C=O) groups excluding carboxylic acids is 1. The molecule has 0 aliphatic carbocycles. The van der Waals surface area contributed by atoms with Gasteiger partial charge in [0.1, 0.15) is 0 Å². The lowest BCUT2D eigenvalue weighted by atomic mass is 10.1. The van der Waals surface area contributed by atoms with Gasteiger partial charge >= 0.3 is 17.9 Å². The van der Waals surface area contributed by atoms with Crippen molar-refractivity contribution in [1.29, 1.82) is 0 Å². The number of ether oxygens (including phenoxy) is 1. The third-order valence-corrected chi connectivity index (χ3v) is 3.40. The fraction of sp³-hybridized carbons (Fsp3) is 0.182. The van der Waals surface area contributed by atoms with E-state index < -0.39 is 44.8 Å². The quantitative estimate of drug-likeness (QED) is 0.621. The Kier molecular flexibility index (Phi) is 4.87. The summed E-state index contributed by atoms with van der Waals surface area (Å²) in [5, 5.41) is 17.7. The van der Waals surface area contributed by atoms with Crippen molar-refractivity contribution < 1.29 is 37.8 Å². The number of esters is 1. The fourth-order valence-corrected chi connectivity index (χ4v) is 2.34. The van der Waals surface area contributed by atoms with E-state index in [0.29, 0.717) is 0 Å². The van der Waals surface area contributed by atoms with E-state index in [0.717, 1.165) is 25.3 Å². The monoisotopic (exact) mass is 317 g/mol. The second kappa shape index (κ2) is 6.22. The van der Waals surface area contributed by atoms with Gasteiger partial charge in [0, 0.05) is 0 Å². The molecular weight excluding hydrogens is 306 g/mol. The summed E-state index contributed by atoms with van der Waals surface area (Å²) in [6.07, 6.45) is 0. The van der Waals surface area contributed by atoms with E-state index in [9.17, 15) is 22.8 Å². The Morgan fingerprint density at radius 1 is 1.10 bits per heavy atom. The maximum Gasteiger partial charge on any atom is 0.335 e. The Balaban J connectivity index is 3.16. The molecule has 0 saturated heterocycles. The van der Waals surface area contributed by atoms with Crippen LogP contribution in [0.4, 0.5) is 5.69 Å². The third kappa shape index (κ3) is 4.76. The average Bonchev–Trinajstić information content (AvgIpc) is 2.36. The largest absolute Gasteiger partial charge is 0.478 e. The molecule has 3 N–H and O–H groups in total. The molecule has 0 atom stereocenters. The highest BCUT2D eigenvalue weighted by Gasteiger charge is 2.19. The van der Waals surface area contributed by atoms with Gasteiger partial charge < -0.3 is 14.9 Å². The molecule has 0 bridgehead atoms. The average molecular weight is 317 g/mol. The number of carboxylic acid groups (broad SMARTS) is 2. The number of methoxy groups -OCH3 is 1. The van der Waals surface area contributed by atoms with Crippen LogP contribution < -0.4 is 4.72 Å². The summed E-state index contributed by atoms with van der Waals surface area (Å²) >= 11 is 0. The van der Waals surface area contributed by atoms with Gasteiger partial charge in [-0.1, -0.05) is 0 Å². The normalized spacial score (nSPS) is 10.7. The molecule has 0 aliphatic rings. The lowest BCUT2D eigenvalue weighted by Gasteiger charge is -2.09. The predicted octanol–water partition coefficient (Wildman–Crippen LogP) is -0.00230. The minimum absolute atomic E-state index is 0.281. The smallest absolute Gasteiger partial charge is 0.335 e. The first-order valence-corrected chi connectivity index (χ1v) is 6.99. The molecule has 0 fully saturated rings. The number of hydrogen-bond acceptors (Lipinski definition) is 6. The zero-order valence-corrected chi connectivity index (χ0v) is 11.5. The summed E-state index contributed by atoms with van der Waals surface area (Å²) in [5.74, 6) is -4.85. The molecular formula is C11H11NO8S. The molecule has 0 radical (unpaired) electrons. The summed E-state index contributed by atoms with van der Waals surface area (Å²) in [6, 6.07) is 2.75. The number of anilines is 1. The molecule has 9 nitrogen and oxygen atoms in total. The van der Waals surface area contributed by atoms with Crippen LogP contribution in [0.5, 0.6) is 0 Å². The molecule has 0 aromatic heterocycles. The van der Waals surface area contributed by atoms with E-state index >= 15 is 0 Å². The van der Waals surface area contributed by atoms with Crippen molar-refractivity contribution >= 4 is 33.6 Å². The summed E-state index contributed by atoms with van der Waals surface area (Å²) in [6.45, 7) is 0. The maximum atomic E-state index is 11.6. The van der Waals surface area contributed by atoms with E-state index in [1.165, 1.54) is 0 Å². The Morgan fingerprint density at radius 2 is 1.57 bits per heavy atom. The minimum Gasteiger partial charge on any atom is -0.478 e. The fourth-order valence-electron chi connectivity index (χ4n) is 1.36. The minimum atomic E-state index is -4.14. The first-order valence-electron chi connectivity index (χ1n) is 5.33. The molecule has 1 rings (SSSR count). The molecule has 0 heterocycles. The number of rotatable bonds is 6. The second-order valence-electron chi connectivity index (χ2n) is 3.85. The number of carbonyl (C=O) groups is 3. The number of nitrogens with one attached hydrogen (secondary N) is 1. The van der Waals surface area contributed by atoms with E-state index in [2.05, 4.69) is 4.74 Å². The van der Waals surface area contributed by atoms with Gasteiger partial charge in [0.2, 0.25) is 10.0 Å². The van der Waals surface area contributed by atoms with Crippen LogP contribution in [0.15, 0.2) is 18.2 Å². The summed E-state index contributed by atoms with van der Waals surface area (Å²) < 4.78 is 29.4. The molecule has 0 spiro atoms. The van der Waals surface area contributed by atoms with Crippen LogP contribution in [0, 0.1) is 0 Å². The Hall–Kier alpha value is -2.62. The van der Waals surface area contributed by atoms with Gasteiger partial charge in [-0.25, -0.2) is 18.0 Å². The molecule has 21 heavy (non-hydrogen) atoms. The van der Waals surface area contributed by atoms with Crippen LogP contribution in [-0.2, 0) is 19.6 Å². The Labute approximate surface area is 119 Å². The topological polar surface area (TPSA) is 147 Å². The van der Waals surface area contributed by atoms with Crippen LogP contribution in [0.1, 0.15) is 20.7 Å². The van der Waals surface area contributed by atoms with Gasteiger partial charge in [0.25, 0.3) is 0 Å². The van der Waals surface area contributed by atoms with Crippen molar-refractivity contribution in [2.45, 2.75) is 0 Å². The molecule has 0 aliphatic heterocycles. The highest BCUT2D eigenvalue weighted by molar-refractivity contribution is 7.93. The predicted molar refractivity (Wildman–Crippen MR) is 69.8 cm³/mol.